The molecule has 0 aromatic carbocycles. The molecule has 0 bridgehead atoms. The summed E-state index contributed by atoms with van der Waals surface area (Å²) in [6, 6.07) is 0. The molecule has 0 amide bonds. The molecule has 7 nitrogen and oxygen atoms in total. The van der Waals surface area contributed by atoms with Crippen molar-refractivity contribution in [1.29, 1.82) is 0 Å². The Labute approximate surface area is 179 Å². The SMILES string of the molecule is CCNC(=NCCCSc1nccs1)N1CCC(c2ncn[nH]2)CC1.I. The van der Waals surface area contributed by atoms with Crippen LogP contribution in [0.15, 0.2) is 27.2 Å². The summed E-state index contributed by atoms with van der Waals surface area (Å²) >= 11 is 3.51. The Bertz CT molecular complexity index is 625. The predicted molar refractivity (Wildman–Crippen MR) is 119 cm³/mol. The summed E-state index contributed by atoms with van der Waals surface area (Å²) in [5, 5.41) is 12.4. The number of thioether (sulfide) groups is 1. The first kappa shape index (κ1) is 21.4. The molecule has 3 rings (SSSR count). The highest BCUT2D eigenvalue weighted by Crippen LogP contribution is 2.25. The van der Waals surface area contributed by atoms with Gasteiger partial charge in [0.15, 0.2) is 5.96 Å². The van der Waals surface area contributed by atoms with Gasteiger partial charge in [0.05, 0.1) is 0 Å². The number of guanidine groups is 1. The fourth-order valence-corrected chi connectivity index (χ4v) is 4.52. The highest BCUT2D eigenvalue weighted by atomic mass is 127. The van der Waals surface area contributed by atoms with Crippen molar-refractivity contribution in [2.75, 3.05) is 31.9 Å². The second kappa shape index (κ2) is 11.8. The average Bonchev–Trinajstić information content (AvgIpc) is 3.35. The van der Waals surface area contributed by atoms with Gasteiger partial charge in [0, 0.05) is 49.4 Å². The van der Waals surface area contributed by atoms with Crippen LogP contribution in [-0.4, -0.2) is 63.0 Å². The summed E-state index contributed by atoms with van der Waals surface area (Å²) in [6.45, 7) is 5.88. The van der Waals surface area contributed by atoms with Gasteiger partial charge in [0.25, 0.3) is 0 Å². The van der Waals surface area contributed by atoms with E-state index in [1.54, 1.807) is 17.7 Å². The van der Waals surface area contributed by atoms with Gasteiger partial charge in [-0.25, -0.2) is 9.97 Å². The number of H-pyrrole nitrogens is 1. The highest BCUT2D eigenvalue weighted by Gasteiger charge is 2.24. The fraction of sp³-hybridized carbons (Fsp3) is 0.625. The highest BCUT2D eigenvalue weighted by molar-refractivity contribution is 14.0. The molecule has 1 fully saturated rings. The summed E-state index contributed by atoms with van der Waals surface area (Å²) in [7, 11) is 0. The van der Waals surface area contributed by atoms with Gasteiger partial charge in [-0.15, -0.1) is 35.3 Å². The van der Waals surface area contributed by atoms with E-state index in [-0.39, 0.29) is 24.0 Å². The van der Waals surface area contributed by atoms with E-state index < -0.39 is 0 Å². The Morgan fingerprint density at radius 3 is 2.92 bits per heavy atom. The molecule has 2 N–H and O–H groups in total. The number of likely N-dealkylation sites (tertiary alicyclic amines) is 1. The molecule has 0 unspecified atom stereocenters. The Hall–Kier alpha value is -0.880. The molecule has 0 saturated carbocycles. The minimum absolute atomic E-state index is 0. The van der Waals surface area contributed by atoms with Gasteiger partial charge in [0.1, 0.15) is 16.5 Å². The van der Waals surface area contributed by atoms with Crippen molar-refractivity contribution < 1.29 is 0 Å². The number of aliphatic imine (C=N–C) groups is 1. The molecule has 0 aliphatic carbocycles. The molecule has 0 spiro atoms. The topological polar surface area (TPSA) is 82.1 Å². The normalized spacial score (nSPS) is 15.7. The molecule has 3 heterocycles. The minimum atomic E-state index is 0. The van der Waals surface area contributed by atoms with E-state index in [0.717, 1.165) is 67.3 Å². The van der Waals surface area contributed by atoms with Gasteiger partial charge >= 0.3 is 0 Å². The molecule has 144 valence electrons. The molecular formula is C16H26IN7S2. The Balaban J connectivity index is 0.00000243. The van der Waals surface area contributed by atoms with Gasteiger partial charge < -0.3 is 10.2 Å². The number of aromatic nitrogens is 4. The number of thiazole rings is 1. The summed E-state index contributed by atoms with van der Waals surface area (Å²) in [4.78, 5) is 15.8. The number of aromatic amines is 1. The van der Waals surface area contributed by atoms with Crippen LogP contribution in [0.4, 0.5) is 0 Å². The minimum Gasteiger partial charge on any atom is -0.357 e. The molecule has 1 aliphatic rings. The third-order valence-corrected chi connectivity index (χ3v) is 6.20. The monoisotopic (exact) mass is 507 g/mol. The van der Waals surface area contributed by atoms with Gasteiger partial charge in [-0.1, -0.05) is 11.8 Å². The fourth-order valence-electron chi connectivity index (χ4n) is 2.89. The quantitative estimate of drug-likeness (QED) is 0.197. The zero-order valence-corrected chi connectivity index (χ0v) is 18.9. The van der Waals surface area contributed by atoms with E-state index in [1.165, 1.54) is 0 Å². The molecule has 10 heteroatoms. The van der Waals surface area contributed by atoms with Crippen molar-refractivity contribution in [3.05, 3.63) is 23.7 Å². The summed E-state index contributed by atoms with van der Waals surface area (Å²) in [5.74, 6) is 3.60. The van der Waals surface area contributed by atoms with E-state index in [4.69, 9.17) is 4.99 Å². The molecule has 2 aromatic heterocycles. The van der Waals surface area contributed by atoms with E-state index in [0.29, 0.717) is 5.92 Å². The van der Waals surface area contributed by atoms with Crippen molar-refractivity contribution in [2.24, 2.45) is 4.99 Å². The van der Waals surface area contributed by atoms with Crippen LogP contribution in [0, 0.1) is 0 Å². The van der Waals surface area contributed by atoms with Crippen LogP contribution in [-0.2, 0) is 0 Å². The van der Waals surface area contributed by atoms with Crippen LogP contribution in [0.2, 0.25) is 0 Å². The largest absolute Gasteiger partial charge is 0.357 e. The third-order valence-electron chi connectivity index (χ3n) is 4.15. The first-order chi connectivity index (χ1) is 12.4. The Kier molecular flexibility index (Phi) is 9.68. The first-order valence-corrected chi connectivity index (χ1v) is 10.6. The van der Waals surface area contributed by atoms with Crippen molar-refractivity contribution >= 4 is 53.0 Å². The molecule has 1 saturated heterocycles. The van der Waals surface area contributed by atoms with Crippen LogP contribution in [0.3, 0.4) is 0 Å². The van der Waals surface area contributed by atoms with Crippen molar-refractivity contribution in [3.63, 3.8) is 0 Å². The van der Waals surface area contributed by atoms with Crippen LogP contribution >= 0.6 is 47.1 Å². The zero-order valence-electron chi connectivity index (χ0n) is 14.9. The van der Waals surface area contributed by atoms with E-state index in [1.807, 2.05) is 23.3 Å². The van der Waals surface area contributed by atoms with Gasteiger partial charge in [-0.05, 0) is 26.2 Å². The Morgan fingerprint density at radius 2 is 2.27 bits per heavy atom. The maximum Gasteiger partial charge on any atom is 0.193 e. The molecule has 0 radical (unpaired) electrons. The lowest BCUT2D eigenvalue weighted by atomic mass is 9.96. The molecule has 2 aromatic rings. The first-order valence-electron chi connectivity index (χ1n) is 8.77. The molecule has 1 aliphatic heterocycles. The van der Waals surface area contributed by atoms with E-state index in [2.05, 4.69) is 37.3 Å². The van der Waals surface area contributed by atoms with Crippen molar-refractivity contribution in [2.45, 2.75) is 36.4 Å². The van der Waals surface area contributed by atoms with Gasteiger partial charge in [-0.2, -0.15) is 5.10 Å². The number of nitrogens with one attached hydrogen (secondary N) is 2. The molecular weight excluding hydrogens is 481 g/mol. The smallest absolute Gasteiger partial charge is 0.193 e. The van der Waals surface area contributed by atoms with E-state index in [9.17, 15) is 0 Å². The lowest BCUT2D eigenvalue weighted by molar-refractivity contribution is 0.299. The molecule has 0 atom stereocenters. The number of piperidine rings is 1. The number of nitrogens with zero attached hydrogens (tertiary/aromatic N) is 5. The van der Waals surface area contributed by atoms with Crippen LogP contribution in [0.25, 0.3) is 0 Å². The number of rotatable bonds is 7. The summed E-state index contributed by atoms with van der Waals surface area (Å²) < 4.78 is 1.14. The third kappa shape index (κ3) is 6.38. The van der Waals surface area contributed by atoms with E-state index >= 15 is 0 Å². The second-order valence-electron chi connectivity index (χ2n) is 5.87. The average molecular weight is 507 g/mol. The lowest BCUT2D eigenvalue weighted by Gasteiger charge is -2.33. The van der Waals surface area contributed by atoms with Crippen LogP contribution in [0.1, 0.15) is 37.9 Å². The van der Waals surface area contributed by atoms with Crippen LogP contribution < -0.4 is 5.32 Å². The van der Waals surface area contributed by atoms with Gasteiger partial charge in [0.2, 0.25) is 0 Å². The molecule has 26 heavy (non-hydrogen) atoms. The summed E-state index contributed by atoms with van der Waals surface area (Å²) in [6.07, 6.45) is 6.68. The maximum absolute atomic E-state index is 4.81. The second-order valence-corrected chi connectivity index (χ2v) is 8.10. The van der Waals surface area contributed by atoms with Crippen LogP contribution in [0.5, 0.6) is 0 Å². The van der Waals surface area contributed by atoms with Crippen molar-refractivity contribution in [1.82, 2.24) is 30.4 Å². The lowest BCUT2D eigenvalue weighted by Crippen LogP contribution is -2.45. The summed E-state index contributed by atoms with van der Waals surface area (Å²) in [5.41, 5.74) is 0. The Morgan fingerprint density at radius 1 is 1.42 bits per heavy atom. The van der Waals surface area contributed by atoms with Gasteiger partial charge in [-0.3, -0.25) is 10.1 Å². The maximum atomic E-state index is 4.81. The number of halogens is 1. The predicted octanol–water partition coefficient (Wildman–Crippen LogP) is 3.21. The van der Waals surface area contributed by atoms with Crippen molar-refractivity contribution in [3.8, 4) is 0 Å². The zero-order chi connectivity index (χ0) is 17.3. The number of hydrogen-bond donors (Lipinski definition) is 2. The number of hydrogen-bond acceptors (Lipinski definition) is 6. The standard InChI is InChI=1S/C16H25N7S2.HI/c1-2-17-15(18-6-3-10-24-16-19-7-11-25-16)23-8-4-13(5-9-23)14-20-12-21-22-14;/h7,11-13H,2-6,8-10H2,1H3,(H,17,18)(H,20,21,22);1H.